The molecule has 352 valence electrons. The molecule has 2 heterocycles. The minimum atomic E-state index is -0.0519. The fraction of sp³-hybridized carbons (Fsp3) is 0. The third-order valence-electron chi connectivity index (χ3n) is 16.2. The molecule has 0 saturated heterocycles. The van der Waals surface area contributed by atoms with Crippen LogP contribution in [-0.4, -0.2) is 13.4 Å². The second-order valence-corrected chi connectivity index (χ2v) is 20.3. The maximum atomic E-state index is 2.51. The van der Waals surface area contributed by atoms with E-state index < -0.39 is 0 Å². The highest BCUT2D eigenvalue weighted by molar-refractivity contribution is 7.00. The SMILES string of the molecule is c1ccc(-c2cccc(-c3ccc(-c4ccc5c(c4)B(c4cccc6ccccc46)c4ccccc4N5c4cccc5ccccc45)cc3)c2B2c3ccccc3N(c3cccc4ccccc34)c3ccccc32)cc1. The Kier molecular flexibility index (Phi) is 10.5. The Labute approximate surface area is 444 Å². The molecule has 2 aliphatic heterocycles. The maximum absolute atomic E-state index is 2.51. The van der Waals surface area contributed by atoms with E-state index in [1.807, 2.05) is 0 Å². The summed E-state index contributed by atoms with van der Waals surface area (Å²) in [6.45, 7) is -0.0484. The molecule has 0 amide bonds. The Morgan fingerprint density at radius 1 is 0.211 bits per heavy atom. The predicted octanol–water partition coefficient (Wildman–Crippen LogP) is 14.7. The van der Waals surface area contributed by atoms with Crippen molar-refractivity contribution in [2.45, 2.75) is 0 Å². The van der Waals surface area contributed by atoms with E-state index in [9.17, 15) is 0 Å². The summed E-state index contributed by atoms with van der Waals surface area (Å²) in [5, 5.41) is 7.44. The lowest BCUT2D eigenvalue weighted by molar-refractivity contribution is 1.31. The van der Waals surface area contributed by atoms with Gasteiger partial charge in [-0.3, -0.25) is 0 Å². The molecule has 0 radical (unpaired) electrons. The summed E-state index contributed by atoms with van der Waals surface area (Å²) in [4.78, 5) is 5.00. The van der Waals surface area contributed by atoms with Gasteiger partial charge in [0.1, 0.15) is 0 Å². The van der Waals surface area contributed by atoms with Crippen molar-refractivity contribution in [3.05, 3.63) is 291 Å². The molecule has 0 bridgehead atoms. The summed E-state index contributed by atoms with van der Waals surface area (Å²) in [5.41, 5.74) is 22.1. The number of benzene rings is 13. The van der Waals surface area contributed by atoms with Gasteiger partial charge in [-0.05, 0) is 113 Å². The van der Waals surface area contributed by atoms with Gasteiger partial charge in [-0.2, -0.15) is 0 Å². The van der Waals surface area contributed by atoms with Crippen LogP contribution in [0.4, 0.5) is 34.1 Å². The third-order valence-corrected chi connectivity index (χ3v) is 16.2. The van der Waals surface area contributed by atoms with E-state index in [0.29, 0.717) is 0 Å². The van der Waals surface area contributed by atoms with Crippen LogP contribution in [-0.2, 0) is 0 Å². The van der Waals surface area contributed by atoms with Gasteiger partial charge in [-0.25, -0.2) is 0 Å². The molecule has 15 rings (SSSR count). The van der Waals surface area contributed by atoms with E-state index in [1.54, 1.807) is 0 Å². The van der Waals surface area contributed by atoms with E-state index in [2.05, 4.69) is 301 Å². The number of fused-ring (bicyclic) bond motifs is 7. The summed E-state index contributed by atoms with van der Waals surface area (Å²) in [6, 6.07) is 108. The molecular weight excluding hydrogens is 914 g/mol. The van der Waals surface area contributed by atoms with Crippen molar-refractivity contribution in [3.8, 4) is 33.4 Å². The molecule has 0 aliphatic carbocycles. The first-order valence-electron chi connectivity index (χ1n) is 26.5. The normalized spacial score (nSPS) is 12.6. The second-order valence-electron chi connectivity index (χ2n) is 20.3. The van der Waals surface area contributed by atoms with Crippen LogP contribution < -0.4 is 42.6 Å². The Bertz CT molecular complexity index is 4330. The molecular formula is C72H48B2N2. The Balaban J connectivity index is 0.897. The molecule has 76 heavy (non-hydrogen) atoms. The number of hydrogen-bond acceptors (Lipinski definition) is 2. The van der Waals surface area contributed by atoms with Crippen molar-refractivity contribution in [3.63, 3.8) is 0 Å². The average Bonchev–Trinajstić information content (AvgIpc) is 3.60. The van der Waals surface area contributed by atoms with Crippen molar-refractivity contribution in [1.82, 2.24) is 0 Å². The van der Waals surface area contributed by atoms with Gasteiger partial charge in [-0.1, -0.05) is 266 Å². The van der Waals surface area contributed by atoms with Crippen LogP contribution in [0.25, 0.3) is 65.7 Å². The zero-order chi connectivity index (χ0) is 50.1. The lowest BCUT2D eigenvalue weighted by atomic mass is 9.33. The van der Waals surface area contributed by atoms with Crippen LogP contribution in [0, 0.1) is 0 Å². The Morgan fingerprint density at radius 2 is 0.579 bits per heavy atom. The van der Waals surface area contributed by atoms with E-state index in [0.717, 1.165) is 0 Å². The molecule has 0 spiro atoms. The number of rotatable bonds is 7. The highest BCUT2D eigenvalue weighted by atomic mass is 15.2. The summed E-state index contributed by atoms with van der Waals surface area (Å²) < 4.78 is 0. The fourth-order valence-corrected chi connectivity index (χ4v) is 12.9. The first kappa shape index (κ1) is 43.9. The molecule has 2 aliphatic rings. The zero-order valence-electron chi connectivity index (χ0n) is 41.8. The zero-order valence-corrected chi connectivity index (χ0v) is 41.8. The summed E-state index contributed by atoms with van der Waals surface area (Å²) in [5.74, 6) is 0. The van der Waals surface area contributed by atoms with Gasteiger partial charge < -0.3 is 9.80 Å². The summed E-state index contributed by atoms with van der Waals surface area (Å²) >= 11 is 0. The van der Waals surface area contributed by atoms with Gasteiger partial charge in [0.05, 0.1) is 11.4 Å². The van der Waals surface area contributed by atoms with Crippen LogP contribution in [0.3, 0.4) is 0 Å². The topological polar surface area (TPSA) is 6.48 Å². The molecule has 0 unspecified atom stereocenters. The smallest absolute Gasteiger partial charge is 0.248 e. The summed E-state index contributed by atoms with van der Waals surface area (Å²) in [7, 11) is 0. The molecule has 0 fully saturated rings. The minimum Gasteiger partial charge on any atom is -0.311 e. The van der Waals surface area contributed by atoms with Gasteiger partial charge in [-0.15, -0.1) is 0 Å². The quantitative estimate of drug-likeness (QED) is 0.147. The highest BCUT2D eigenvalue weighted by Gasteiger charge is 2.39. The van der Waals surface area contributed by atoms with Gasteiger partial charge in [0.25, 0.3) is 0 Å². The number of anilines is 6. The van der Waals surface area contributed by atoms with Gasteiger partial charge in [0.2, 0.25) is 13.4 Å². The first-order valence-corrected chi connectivity index (χ1v) is 26.5. The first-order chi connectivity index (χ1) is 37.7. The monoisotopic (exact) mass is 962 g/mol. The van der Waals surface area contributed by atoms with Crippen molar-refractivity contribution >= 4 is 113 Å². The van der Waals surface area contributed by atoms with Crippen molar-refractivity contribution in [1.29, 1.82) is 0 Å². The second kappa shape index (κ2) is 18.1. The molecule has 13 aromatic carbocycles. The van der Waals surface area contributed by atoms with Crippen LogP contribution in [0.1, 0.15) is 0 Å². The lowest BCUT2D eigenvalue weighted by Crippen LogP contribution is -2.58. The molecule has 0 saturated carbocycles. The Morgan fingerprint density at radius 3 is 1.16 bits per heavy atom. The standard InChI is InChI=1S/C72H48B2N2/c1-2-20-53(21-3-1)59-31-19-32-60(72(59)74-63-34-11-14-38-69(63)75(70-39-15-12-35-64(70)74)66-40-17-26-51-23-5-8-29-57(51)66)54-44-42-49(43-45-54)55-46-47-71-65(48-55)73(61-36-16-25-50-22-4-7-28-56(50)61)62-33-10-13-37-68(62)76(71)67-41-18-27-52-24-6-9-30-58(52)67/h1-48H. The molecule has 0 atom stereocenters. The van der Waals surface area contributed by atoms with E-state index in [-0.39, 0.29) is 13.4 Å². The van der Waals surface area contributed by atoms with E-state index in [1.165, 1.54) is 133 Å². The summed E-state index contributed by atoms with van der Waals surface area (Å²) in [6.07, 6.45) is 0. The fourth-order valence-electron chi connectivity index (χ4n) is 12.9. The molecule has 0 N–H and O–H groups in total. The number of hydrogen-bond donors (Lipinski definition) is 0. The maximum Gasteiger partial charge on any atom is 0.248 e. The van der Waals surface area contributed by atoms with E-state index in [4.69, 9.17) is 0 Å². The van der Waals surface area contributed by atoms with Gasteiger partial charge in [0, 0.05) is 33.5 Å². The number of para-hydroxylation sites is 3. The van der Waals surface area contributed by atoms with Gasteiger partial charge >= 0.3 is 0 Å². The van der Waals surface area contributed by atoms with E-state index >= 15 is 0 Å². The average molecular weight is 963 g/mol. The Hall–Kier alpha value is -9.63. The van der Waals surface area contributed by atoms with Gasteiger partial charge in [0.15, 0.2) is 0 Å². The van der Waals surface area contributed by atoms with Crippen LogP contribution >= 0.6 is 0 Å². The largest absolute Gasteiger partial charge is 0.311 e. The van der Waals surface area contributed by atoms with Crippen molar-refractivity contribution in [2.75, 3.05) is 9.80 Å². The predicted molar refractivity (Wildman–Crippen MR) is 327 cm³/mol. The van der Waals surface area contributed by atoms with Crippen molar-refractivity contribution < 1.29 is 0 Å². The van der Waals surface area contributed by atoms with Crippen LogP contribution in [0.15, 0.2) is 291 Å². The molecule has 4 heteroatoms. The molecule has 0 aromatic heterocycles. The van der Waals surface area contributed by atoms with Crippen LogP contribution in [0.2, 0.25) is 0 Å². The third kappa shape index (κ3) is 7.06. The molecule has 2 nitrogen and oxygen atoms in total. The minimum absolute atomic E-state index is 0.00354. The van der Waals surface area contributed by atoms with Crippen LogP contribution in [0.5, 0.6) is 0 Å². The number of nitrogens with zero attached hydrogens (tertiary/aromatic N) is 2. The molecule has 13 aromatic rings. The van der Waals surface area contributed by atoms with Crippen molar-refractivity contribution in [2.24, 2.45) is 0 Å². The highest BCUT2D eigenvalue weighted by Crippen LogP contribution is 2.43. The lowest BCUT2D eigenvalue weighted by Gasteiger charge is -2.38.